The molecule has 1 amide bonds. The number of rotatable bonds is 5. The Balaban J connectivity index is 1.39. The van der Waals surface area contributed by atoms with Gasteiger partial charge in [-0.3, -0.25) is 9.69 Å². The normalized spacial score (nSPS) is 19.8. The first-order chi connectivity index (χ1) is 17.2. The predicted octanol–water partition coefficient (Wildman–Crippen LogP) is 4.49. The summed E-state index contributed by atoms with van der Waals surface area (Å²) in [5.41, 5.74) is 5.39. The van der Waals surface area contributed by atoms with Gasteiger partial charge in [0.25, 0.3) is 5.91 Å². The van der Waals surface area contributed by atoms with Crippen LogP contribution in [-0.2, 0) is 17.8 Å². The second-order valence-electron chi connectivity index (χ2n) is 8.87. The first kappa shape index (κ1) is 21.4. The van der Waals surface area contributed by atoms with Gasteiger partial charge in [-0.1, -0.05) is 30.3 Å². The molecule has 0 bridgehead atoms. The third-order valence-corrected chi connectivity index (χ3v) is 6.96. The van der Waals surface area contributed by atoms with Crippen LogP contribution in [-0.4, -0.2) is 47.3 Å². The SMILES string of the molecule is COc1ccc(/C=N\N2C(=O)[C@@H]3Cc4c([nH]c5ccccc45)CN3[C@@H]2c2ccc(OC)cc2)cc1. The number of carbonyl (C=O) groups is 1. The van der Waals surface area contributed by atoms with Gasteiger partial charge < -0.3 is 14.5 Å². The molecular weight excluding hydrogens is 440 g/mol. The summed E-state index contributed by atoms with van der Waals surface area (Å²) in [6, 6.07) is 23.5. The van der Waals surface area contributed by atoms with Crippen molar-refractivity contribution in [3.05, 3.63) is 95.2 Å². The first-order valence-electron chi connectivity index (χ1n) is 11.7. The molecule has 1 N–H and O–H groups in total. The van der Waals surface area contributed by atoms with Crippen molar-refractivity contribution in [1.82, 2.24) is 14.9 Å². The van der Waals surface area contributed by atoms with Crippen molar-refractivity contribution in [1.29, 1.82) is 0 Å². The molecule has 0 aliphatic carbocycles. The van der Waals surface area contributed by atoms with E-state index >= 15 is 0 Å². The van der Waals surface area contributed by atoms with Crippen molar-refractivity contribution in [2.75, 3.05) is 14.2 Å². The van der Waals surface area contributed by atoms with E-state index < -0.39 is 0 Å². The van der Waals surface area contributed by atoms with Crippen molar-refractivity contribution in [2.24, 2.45) is 5.10 Å². The molecule has 176 valence electrons. The molecule has 2 atom stereocenters. The number of benzene rings is 3. The number of nitrogens with one attached hydrogen (secondary N) is 1. The standard InChI is InChI=1S/C28H26N4O3/c1-34-20-11-7-18(8-12-20)16-29-32-27(19-9-13-21(35-2)14-10-19)31-17-25-23(15-26(31)28(32)33)22-5-3-4-6-24(22)30-25/h3-14,16,26-27,30H,15,17H2,1-2H3/b29-16-/t26-,27-/m0/s1. The van der Waals surface area contributed by atoms with Crippen LogP contribution in [0.25, 0.3) is 10.9 Å². The highest BCUT2D eigenvalue weighted by atomic mass is 16.5. The molecule has 3 heterocycles. The Hall–Kier alpha value is -4.10. The Bertz CT molecular complexity index is 1410. The number of amides is 1. The molecule has 1 aromatic heterocycles. The van der Waals surface area contributed by atoms with Gasteiger partial charge in [0.15, 0.2) is 0 Å². The number of aromatic amines is 1. The van der Waals surface area contributed by atoms with Gasteiger partial charge in [0.1, 0.15) is 17.7 Å². The average Bonchev–Trinajstić information content (AvgIpc) is 3.40. The summed E-state index contributed by atoms with van der Waals surface area (Å²) in [4.78, 5) is 19.6. The van der Waals surface area contributed by atoms with E-state index in [4.69, 9.17) is 14.6 Å². The predicted molar refractivity (Wildman–Crippen MR) is 135 cm³/mol. The fraction of sp³-hybridized carbons (Fsp3) is 0.214. The summed E-state index contributed by atoms with van der Waals surface area (Å²) < 4.78 is 10.6. The summed E-state index contributed by atoms with van der Waals surface area (Å²) in [6.45, 7) is 0.645. The zero-order valence-electron chi connectivity index (χ0n) is 19.6. The topological polar surface area (TPSA) is 70.2 Å². The lowest BCUT2D eigenvalue weighted by molar-refractivity contribution is -0.130. The Kier molecular flexibility index (Phi) is 5.26. The largest absolute Gasteiger partial charge is 0.497 e. The number of H-pyrrole nitrogens is 1. The van der Waals surface area contributed by atoms with Crippen LogP contribution in [0.5, 0.6) is 11.5 Å². The van der Waals surface area contributed by atoms with E-state index in [1.54, 1.807) is 25.4 Å². The van der Waals surface area contributed by atoms with E-state index in [9.17, 15) is 4.79 Å². The van der Waals surface area contributed by atoms with Crippen LogP contribution in [0, 0.1) is 0 Å². The molecule has 4 aromatic rings. The maximum Gasteiger partial charge on any atom is 0.262 e. The lowest BCUT2D eigenvalue weighted by Crippen LogP contribution is -2.39. The molecule has 2 aliphatic rings. The van der Waals surface area contributed by atoms with Gasteiger partial charge in [-0.2, -0.15) is 5.10 Å². The number of ether oxygens (including phenoxy) is 2. The van der Waals surface area contributed by atoms with Gasteiger partial charge in [0.2, 0.25) is 0 Å². The Morgan fingerprint density at radius 3 is 2.34 bits per heavy atom. The number of hydrazone groups is 1. The number of hydrogen-bond donors (Lipinski definition) is 1. The molecule has 1 saturated heterocycles. The highest BCUT2D eigenvalue weighted by Crippen LogP contribution is 2.42. The van der Waals surface area contributed by atoms with Gasteiger partial charge in [0.05, 0.1) is 26.5 Å². The molecule has 35 heavy (non-hydrogen) atoms. The second kappa shape index (κ2) is 8.60. The van der Waals surface area contributed by atoms with Crippen molar-refractivity contribution in [3.63, 3.8) is 0 Å². The fourth-order valence-electron chi connectivity index (χ4n) is 5.17. The van der Waals surface area contributed by atoms with Gasteiger partial charge in [-0.15, -0.1) is 0 Å². The van der Waals surface area contributed by atoms with Crippen molar-refractivity contribution < 1.29 is 14.3 Å². The van der Waals surface area contributed by atoms with E-state index in [0.29, 0.717) is 13.0 Å². The number of nitrogens with zero attached hydrogens (tertiary/aromatic N) is 3. The van der Waals surface area contributed by atoms with E-state index in [1.807, 2.05) is 60.7 Å². The summed E-state index contributed by atoms with van der Waals surface area (Å²) in [6.07, 6.45) is 2.08. The van der Waals surface area contributed by atoms with Crippen molar-refractivity contribution >= 4 is 23.0 Å². The summed E-state index contributed by atoms with van der Waals surface area (Å²) in [7, 11) is 3.29. The Morgan fingerprint density at radius 1 is 0.943 bits per heavy atom. The Labute approximate surface area is 203 Å². The highest BCUT2D eigenvalue weighted by molar-refractivity contribution is 5.90. The van der Waals surface area contributed by atoms with E-state index in [1.165, 1.54) is 10.9 Å². The number of para-hydroxylation sites is 1. The minimum absolute atomic E-state index is 0.00603. The van der Waals surface area contributed by atoms with Crippen LogP contribution in [0.15, 0.2) is 77.9 Å². The smallest absolute Gasteiger partial charge is 0.262 e. The van der Waals surface area contributed by atoms with Crippen molar-refractivity contribution in [3.8, 4) is 11.5 Å². The van der Waals surface area contributed by atoms with Crippen LogP contribution >= 0.6 is 0 Å². The highest BCUT2D eigenvalue weighted by Gasteiger charge is 2.49. The van der Waals surface area contributed by atoms with Crippen molar-refractivity contribution in [2.45, 2.75) is 25.2 Å². The molecule has 0 radical (unpaired) electrons. The van der Waals surface area contributed by atoms with E-state index in [0.717, 1.165) is 33.8 Å². The van der Waals surface area contributed by atoms with Crippen LogP contribution < -0.4 is 9.47 Å². The molecule has 0 spiro atoms. The molecule has 6 rings (SSSR count). The van der Waals surface area contributed by atoms with Crippen LogP contribution in [0.4, 0.5) is 0 Å². The molecule has 1 fully saturated rings. The number of hydrogen-bond acceptors (Lipinski definition) is 5. The number of fused-ring (bicyclic) bond motifs is 4. The summed E-state index contributed by atoms with van der Waals surface area (Å²) >= 11 is 0. The quantitative estimate of drug-likeness (QED) is 0.440. The first-order valence-corrected chi connectivity index (χ1v) is 11.7. The van der Waals surface area contributed by atoms with Crippen LogP contribution in [0.2, 0.25) is 0 Å². The minimum Gasteiger partial charge on any atom is -0.497 e. The third kappa shape index (κ3) is 3.65. The minimum atomic E-state index is -0.313. The molecule has 7 nitrogen and oxygen atoms in total. The van der Waals surface area contributed by atoms with Gasteiger partial charge >= 0.3 is 0 Å². The lowest BCUT2D eigenvalue weighted by Gasteiger charge is -2.32. The van der Waals surface area contributed by atoms with E-state index in [-0.39, 0.29) is 18.1 Å². The molecule has 0 saturated carbocycles. The molecular formula is C28H26N4O3. The van der Waals surface area contributed by atoms with Crippen LogP contribution in [0.3, 0.4) is 0 Å². The third-order valence-electron chi connectivity index (χ3n) is 6.96. The van der Waals surface area contributed by atoms with E-state index in [2.05, 4.69) is 22.0 Å². The van der Waals surface area contributed by atoms with Gasteiger partial charge in [-0.25, -0.2) is 5.01 Å². The average molecular weight is 467 g/mol. The maximum atomic E-state index is 13.8. The Morgan fingerprint density at radius 2 is 1.63 bits per heavy atom. The van der Waals surface area contributed by atoms with Gasteiger partial charge in [-0.05, 0) is 65.6 Å². The number of methoxy groups -OCH3 is 2. The monoisotopic (exact) mass is 466 g/mol. The molecule has 7 heteroatoms. The fourth-order valence-corrected chi connectivity index (χ4v) is 5.17. The molecule has 2 aliphatic heterocycles. The van der Waals surface area contributed by atoms with Crippen LogP contribution in [0.1, 0.15) is 28.6 Å². The van der Waals surface area contributed by atoms with Gasteiger partial charge in [0, 0.05) is 23.1 Å². The summed E-state index contributed by atoms with van der Waals surface area (Å²) in [5.74, 6) is 1.56. The summed E-state index contributed by atoms with van der Waals surface area (Å²) in [5, 5.41) is 7.52. The zero-order valence-corrected chi connectivity index (χ0v) is 19.6. The zero-order chi connectivity index (χ0) is 23.9. The number of carbonyl (C=O) groups excluding carboxylic acids is 1. The molecule has 3 aromatic carbocycles. The lowest BCUT2D eigenvalue weighted by atomic mass is 9.97. The molecule has 0 unspecified atom stereocenters. The maximum absolute atomic E-state index is 13.8. The number of aromatic nitrogens is 1. The second-order valence-corrected chi connectivity index (χ2v) is 8.87.